The number of hydrogen-bond acceptors (Lipinski definition) is 4. The van der Waals surface area contributed by atoms with Gasteiger partial charge in [0, 0.05) is 19.4 Å². The van der Waals surface area contributed by atoms with Gasteiger partial charge < -0.3 is 15.1 Å². The minimum atomic E-state index is -1.24. The topological polar surface area (TPSA) is 94.9 Å². The van der Waals surface area contributed by atoms with Crippen molar-refractivity contribution in [3.8, 4) is 0 Å². The minimum absolute atomic E-state index is 0.0286. The molecule has 0 bridgehead atoms. The van der Waals surface area contributed by atoms with E-state index < -0.39 is 24.3 Å². The summed E-state index contributed by atoms with van der Waals surface area (Å²) in [4.78, 5) is 36.9. The summed E-state index contributed by atoms with van der Waals surface area (Å²) in [6.07, 6.45) is 1.33. The zero-order valence-corrected chi connectivity index (χ0v) is 16.0. The number of aliphatic hydroxyl groups excluding tert-OH is 1. The summed E-state index contributed by atoms with van der Waals surface area (Å²) in [5.41, 5.74) is 0.792. The van der Waals surface area contributed by atoms with Gasteiger partial charge in [0.15, 0.2) is 5.78 Å². The van der Waals surface area contributed by atoms with Gasteiger partial charge in [-0.1, -0.05) is 32.1 Å². The number of aliphatic carboxylic acids is 1. The fraction of sp³-hybridized carbons (Fsp3) is 0.476. The van der Waals surface area contributed by atoms with Gasteiger partial charge in [-0.05, 0) is 35.6 Å². The summed E-state index contributed by atoms with van der Waals surface area (Å²) < 4.78 is 13.1. The van der Waals surface area contributed by atoms with Crippen molar-refractivity contribution in [2.75, 3.05) is 0 Å². The van der Waals surface area contributed by atoms with Crippen LogP contribution >= 0.6 is 0 Å². The molecule has 0 saturated carbocycles. The van der Waals surface area contributed by atoms with E-state index in [0.717, 1.165) is 5.56 Å². The molecule has 2 N–H and O–H groups in total. The van der Waals surface area contributed by atoms with Crippen LogP contribution in [-0.4, -0.2) is 44.9 Å². The Morgan fingerprint density at radius 3 is 2.46 bits per heavy atom. The number of halogens is 1. The van der Waals surface area contributed by atoms with Crippen LogP contribution in [0.1, 0.15) is 38.7 Å². The quantitative estimate of drug-likeness (QED) is 0.631. The van der Waals surface area contributed by atoms with Gasteiger partial charge in [-0.25, -0.2) is 4.39 Å². The summed E-state index contributed by atoms with van der Waals surface area (Å²) in [7, 11) is 0. The van der Waals surface area contributed by atoms with E-state index in [-0.39, 0.29) is 36.0 Å². The number of rotatable bonds is 9. The maximum Gasteiger partial charge on any atom is 0.305 e. The molecule has 0 aromatic heterocycles. The number of allylic oxidation sites excluding steroid dienone is 1. The molecular weight excluding hydrogens is 365 g/mol. The Hall–Kier alpha value is -2.54. The normalized spacial score (nSPS) is 20.9. The van der Waals surface area contributed by atoms with Crippen molar-refractivity contribution < 1.29 is 29.0 Å². The van der Waals surface area contributed by atoms with Gasteiger partial charge in [0.25, 0.3) is 0 Å². The third-order valence-electron chi connectivity index (χ3n) is 4.98. The average molecular weight is 391 g/mol. The Kier molecular flexibility index (Phi) is 7.45. The Morgan fingerprint density at radius 2 is 1.89 bits per heavy atom. The highest BCUT2D eigenvalue weighted by Crippen LogP contribution is 2.33. The number of amides is 1. The lowest BCUT2D eigenvalue weighted by Crippen LogP contribution is -2.34. The third-order valence-corrected chi connectivity index (χ3v) is 4.98. The number of aliphatic hydroxyl groups is 1. The highest BCUT2D eigenvalue weighted by Gasteiger charge is 2.39. The molecule has 1 heterocycles. The smallest absolute Gasteiger partial charge is 0.305 e. The lowest BCUT2D eigenvalue weighted by atomic mass is 9.88. The highest BCUT2D eigenvalue weighted by atomic mass is 19.1. The molecule has 1 aromatic rings. The summed E-state index contributed by atoms with van der Waals surface area (Å²) in [6.45, 7) is 4.34. The number of nitrogens with zero attached hydrogens (tertiary/aromatic N) is 1. The standard InChI is InChI=1S/C21H26FNO5/c1-13(2)18-11-20(26)23(12-14-3-5-15(22)6-4-14)19(18)8-7-16(24)9-17(25)10-21(27)28/h3-8,13,17-19,25H,9-12H2,1-2H3,(H,27,28)/b8-7+/t17-,18+,19+/m1/s1. The highest BCUT2D eigenvalue weighted by molar-refractivity contribution is 5.90. The van der Waals surface area contributed by atoms with Crippen molar-refractivity contribution in [3.63, 3.8) is 0 Å². The van der Waals surface area contributed by atoms with Crippen LogP contribution in [-0.2, 0) is 20.9 Å². The van der Waals surface area contributed by atoms with Crippen LogP contribution in [0.2, 0.25) is 0 Å². The van der Waals surface area contributed by atoms with Crippen LogP contribution in [0.25, 0.3) is 0 Å². The lowest BCUT2D eigenvalue weighted by Gasteiger charge is -2.27. The van der Waals surface area contributed by atoms with E-state index in [9.17, 15) is 23.9 Å². The van der Waals surface area contributed by atoms with Crippen LogP contribution < -0.4 is 0 Å². The predicted molar refractivity (Wildman–Crippen MR) is 101 cm³/mol. The van der Waals surface area contributed by atoms with E-state index in [1.165, 1.54) is 18.2 Å². The van der Waals surface area contributed by atoms with Crippen molar-refractivity contribution in [1.29, 1.82) is 0 Å². The van der Waals surface area contributed by atoms with E-state index in [2.05, 4.69) is 0 Å². The number of carbonyl (C=O) groups excluding carboxylic acids is 2. The maximum absolute atomic E-state index is 13.1. The summed E-state index contributed by atoms with van der Waals surface area (Å²) in [5.74, 6) is -1.70. The molecule has 6 nitrogen and oxygen atoms in total. The van der Waals surface area contributed by atoms with E-state index >= 15 is 0 Å². The molecule has 0 aliphatic carbocycles. The molecule has 28 heavy (non-hydrogen) atoms. The zero-order chi connectivity index (χ0) is 20.8. The molecule has 0 radical (unpaired) electrons. The van der Waals surface area contributed by atoms with E-state index in [1.54, 1.807) is 23.1 Å². The molecule has 1 saturated heterocycles. The van der Waals surface area contributed by atoms with Crippen molar-refractivity contribution in [3.05, 3.63) is 47.8 Å². The molecule has 2 rings (SSSR count). The van der Waals surface area contributed by atoms with Crippen LogP contribution in [0.4, 0.5) is 4.39 Å². The number of carboxylic acid groups (broad SMARTS) is 1. The molecule has 1 aliphatic heterocycles. The number of ketones is 1. The molecule has 0 spiro atoms. The Labute approximate surface area is 163 Å². The zero-order valence-electron chi connectivity index (χ0n) is 16.0. The summed E-state index contributed by atoms with van der Waals surface area (Å²) in [5, 5.41) is 18.3. The molecular formula is C21H26FNO5. The molecule has 1 amide bonds. The van der Waals surface area contributed by atoms with Crippen LogP contribution in [0.15, 0.2) is 36.4 Å². The van der Waals surface area contributed by atoms with Crippen LogP contribution in [0, 0.1) is 17.7 Å². The molecule has 1 aromatic carbocycles. The first-order valence-corrected chi connectivity index (χ1v) is 9.32. The van der Waals surface area contributed by atoms with Gasteiger partial charge >= 0.3 is 5.97 Å². The number of likely N-dealkylation sites (tertiary alicyclic amines) is 1. The first kappa shape index (κ1) is 21.8. The Morgan fingerprint density at radius 1 is 1.25 bits per heavy atom. The van der Waals surface area contributed by atoms with E-state index in [0.29, 0.717) is 13.0 Å². The van der Waals surface area contributed by atoms with Gasteiger partial charge in [0.1, 0.15) is 5.82 Å². The van der Waals surface area contributed by atoms with Gasteiger partial charge in [-0.2, -0.15) is 0 Å². The molecule has 152 valence electrons. The predicted octanol–water partition coefficient (Wildman–Crippen LogP) is 2.55. The van der Waals surface area contributed by atoms with Crippen LogP contribution in [0.3, 0.4) is 0 Å². The van der Waals surface area contributed by atoms with Gasteiger partial charge in [0.05, 0.1) is 18.6 Å². The number of benzene rings is 1. The summed E-state index contributed by atoms with van der Waals surface area (Å²) in [6, 6.07) is 5.64. The number of carboxylic acids is 1. The molecule has 0 unspecified atom stereocenters. The Bertz CT molecular complexity index is 744. The third kappa shape index (κ3) is 5.99. The fourth-order valence-corrected chi connectivity index (χ4v) is 3.47. The van der Waals surface area contributed by atoms with Crippen molar-refractivity contribution in [1.82, 2.24) is 4.90 Å². The molecule has 1 fully saturated rings. The molecule has 3 atom stereocenters. The first-order valence-electron chi connectivity index (χ1n) is 9.32. The molecule has 1 aliphatic rings. The largest absolute Gasteiger partial charge is 0.481 e. The summed E-state index contributed by atoms with van der Waals surface area (Å²) >= 11 is 0. The monoisotopic (exact) mass is 391 g/mol. The second kappa shape index (κ2) is 9.59. The van der Waals surface area contributed by atoms with Crippen molar-refractivity contribution in [2.24, 2.45) is 11.8 Å². The Balaban J connectivity index is 2.12. The van der Waals surface area contributed by atoms with Gasteiger partial charge in [0.2, 0.25) is 5.91 Å². The van der Waals surface area contributed by atoms with E-state index in [4.69, 9.17) is 5.11 Å². The van der Waals surface area contributed by atoms with Crippen LogP contribution in [0.5, 0.6) is 0 Å². The first-order chi connectivity index (χ1) is 13.2. The number of hydrogen-bond donors (Lipinski definition) is 2. The lowest BCUT2D eigenvalue weighted by molar-refractivity contribution is -0.139. The SMILES string of the molecule is CC(C)[C@@H]1CC(=O)N(Cc2ccc(F)cc2)[C@H]1/C=C/C(=O)C[C@@H](O)CC(=O)O. The van der Waals surface area contributed by atoms with E-state index in [1.807, 2.05) is 13.8 Å². The maximum atomic E-state index is 13.1. The second-order valence-corrected chi connectivity index (χ2v) is 7.53. The van der Waals surface area contributed by atoms with Crippen molar-refractivity contribution in [2.45, 2.75) is 51.8 Å². The second-order valence-electron chi connectivity index (χ2n) is 7.53. The average Bonchev–Trinajstić information content (AvgIpc) is 2.90. The van der Waals surface area contributed by atoms with Gasteiger partial charge in [-0.15, -0.1) is 0 Å². The van der Waals surface area contributed by atoms with Gasteiger partial charge in [-0.3, -0.25) is 14.4 Å². The molecule has 7 heteroatoms. The number of carbonyl (C=O) groups is 3. The van der Waals surface area contributed by atoms with Crippen molar-refractivity contribution >= 4 is 17.7 Å². The minimum Gasteiger partial charge on any atom is -0.481 e. The fourth-order valence-electron chi connectivity index (χ4n) is 3.47.